The Morgan fingerprint density at radius 2 is 1.95 bits per heavy atom. The molecule has 0 aliphatic rings. The zero-order valence-corrected chi connectivity index (χ0v) is 10.3. The van der Waals surface area contributed by atoms with E-state index >= 15 is 0 Å². The number of aliphatic carboxylic acids is 1. The largest absolute Gasteiger partial charge is 0.504 e. The summed E-state index contributed by atoms with van der Waals surface area (Å²) in [6.45, 7) is 1.33. The molecule has 19 heavy (non-hydrogen) atoms. The van der Waals surface area contributed by atoms with Gasteiger partial charge in [0.05, 0.1) is 6.04 Å². The average Bonchev–Trinajstić information content (AvgIpc) is 2.33. The van der Waals surface area contributed by atoms with E-state index in [1.807, 2.05) is 0 Å². The normalized spacial score (nSPS) is 13.6. The summed E-state index contributed by atoms with van der Waals surface area (Å²) >= 11 is 0. The van der Waals surface area contributed by atoms with Gasteiger partial charge < -0.3 is 26.4 Å². The zero-order valence-electron chi connectivity index (χ0n) is 10.3. The van der Waals surface area contributed by atoms with Crippen LogP contribution < -0.4 is 11.1 Å². The number of nitrogens with two attached hydrogens (primary N) is 1. The van der Waals surface area contributed by atoms with Gasteiger partial charge in [0.2, 0.25) is 5.91 Å². The molecule has 0 spiro atoms. The van der Waals surface area contributed by atoms with Gasteiger partial charge in [-0.3, -0.25) is 9.59 Å². The van der Waals surface area contributed by atoms with E-state index in [0.29, 0.717) is 5.56 Å². The molecule has 7 nitrogen and oxygen atoms in total. The molecule has 0 bridgehead atoms. The highest BCUT2D eigenvalue weighted by molar-refractivity contribution is 5.86. The highest BCUT2D eigenvalue weighted by Crippen LogP contribution is 2.25. The Bertz CT molecular complexity index is 489. The van der Waals surface area contributed by atoms with Crippen LogP contribution in [0, 0.1) is 0 Å². The molecule has 6 N–H and O–H groups in total. The number of amides is 1. The number of carboxylic acid groups (broad SMARTS) is 1. The maximum atomic E-state index is 11.6. The first-order chi connectivity index (χ1) is 8.81. The van der Waals surface area contributed by atoms with E-state index in [-0.39, 0.29) is 17.9 Å². The topological polar surface area (TPSA) is 133 Å². The Kier molecular flexibility index (Phi) is 4.71. The number of phenolic OH excluding ortho intramolecular Hbond substituents is 2. The zero-order chi connectivity index (χ0) is 14.6. The third kappa shape index (κ3) is 4.14. The third-order valence-electron chi connectivity index (χ3n) is 2.56. The smallest absolute Gasteiger partial charge is 0.325 e. The van der Waals surface area contributed by atoms with E-state index in [4.69, 9.17) is 15.9 Å². The molecule has 0 aliphatic carbocycles. The van der Waals surface area contributed by atoms with Crippen molar-refractivity contribution in [1.29, 1.82) is 0 Å². The molecule has 0 aliphatic heterocycles. The van der Waals surface area contributed by atoms with Gasteiger partial charge >= 0.3 is 5.97 Å². The molecule has 1 aromatic carbocycles. The summed E-state index contributed by atoms with van der Waals surface area (Å²) in [5.41, 5.74) is 6.19. The van der Waals surface area contributed by atoms with Crippen LogP contribution in [0.2, 0.25) is 0 Å². The monoisotopic (exact) mass is 268 g/mol. The van der Waals surface area contributed by atoms with E-state index in [2.05, 4.69) is 5.32 Å². The van der Waals surface area contributed by atoms with Crippen molar-refractivity contribution in [2.75, 3.05) is 0 Å². The third-order valence-corrected chi connectivity index (χ3v) is 2.56. The van der Waals surface area contributed by atoms with Crippen molar-refractivity contribution in [2.45, 2.75) is 25.4 Å². The summed E-state index contributed by atoms with van der Waals surface area (Å²) in [5.74, 6) is -2.31. The predicted molar refractivity (Wildman–Crippen MR) is 66.7 cm³/mol. The van der Waals surface area contributed by atoms with E-state index in [9.17, 15) is 14.7 Å². The number of carbonyl (C=O) groups is 2. The standard InChI is InChI=1S/C12H16N2O5/c1-6(12(18)19)14-11(17)8(13)4-7-2-3-9(15)10(16)5-7/h2-3,5-6,8,15-16H,4,13H2,1H3,(H,14,17)(H,18,19)/t6-,8-/m0/s1. The Hall–Kier alpha value is -2.28. The number of phenols is 2. The molecular formula is C12H16N2O5. The highest BCUT2D eigenvalue weighted by atomic mass is 16.4. The molecule has 0 saturated heterocycles. The lowest BCUT2D eigenvalue weighted by molar-refractivity contribution is -0.141. The van der Waals surface area contributed by atoms with Crippen molar-refractivity contribution in [2.24, 2.45) is 5.73 Å². The van der Waals surface area contributed by atoms with Crippen molar-refractivity contribution in [1.82, 2.24) is 5.32 Å². The molecule has 0 radical (unpaired) electrons. The first-order valence-corrected chi connectivity index (χ1v) is 5.61. The molecule has 1 amide bonds. The SMILES string of the molecule is C[C@H](NC(=O)[C@@H](N)Cc1ccc(O)c(O)c1)C(=O)O. The first kappa shape index (κ1) is 14.8. The van der Waals surface area contributed by atoms with Gasteiger partial charge in [-0.25, -0.2) is 0 Å². The Morgan fingerprint density at radius 3 is 2.47 bits per heavy atom. The lowest BCUT2D eigenvalue weighted by atomic mass is 10.1. The minimum atomic E-state index is -1.15. The predicted octanol–water partition coefficient (Wildman–Crippen LogP) is -0.443. The molecule has 2 atom stereocenters. The number of rotatable bonds is 5. The molecule has 0 fully saturated rings. The van der Waals surface area contributed by atoms with E-state index < -0.39 is 24.0 Å². The van der Waals surface area contributed by atoms with Crippen molar-refractivity contribution >= 4 is 11.9 Å². The van der Waals surface area contributed by atoms with Crippen molar-refractivity contribution in [3.63, 3.8) is 0 Å². The van der Waals surface area contributed by atoms with Gasteiger partial charge in [-0.1, -0.05) is 6.07 Å². The van der Waals surface area contributed by atoms with Gasteiger partial charge in [0.25, 0.3) is 0 Å². The number of hydrogen-bond donors (Lipinski definition) is 5. The Labute approximate surface area is 109 Å². The maximum absolute atomic E-state index is 11.6. The summed E-state index contributed by atoms with van der Waals surface area (Å²) in [5, 5.41) is 29.3. The van der Waals surface area contributed by atoms with Crippen LogP contribution in [0.4, 0.5) is 0 Å². The van der Waals surface area contributed by atoms with Crippen LogP contribution in [-0.2, 0) is 16.0 Å². The van der Waals surface area contributed by atoms with Gasteiger partial charge in [0, 0.05) is 0 Å². The van der Waals surface area contributed by atoms with E-state index in [0.717, 1.165) is 0 Å². The average molecular weight is 268 g/mol. The number of hydrogen-bond acceptors (Lipinski definition) is 5. The van der Waals surface area contributed by atoms with Crippen LogP contribution in [0.5, 0.6) is 11.5 Å². The summed E-state index contributed by atoms with van der Waals surface area (Å²) in [4.78, 5) is 22.2. The molecule has 0 heterocycles. The first-order valence-electron chi connectivity index (χ1n) is 5.61. The molecule has 0 saturated carbocycles. The second kappa shape index (κ2) is 6.05. The Balaban J connectivity index is 2.63. The number of nitrogens with one attached hydrogen (secondary N) is 1. The molecule has 104 valence electrons. The second-order valence-corrected chi connectivity index (χ2v) is 4.20. The van der Waals surface area contributed by atoms with Crippen LogP contribution in [0.15, 0.2) is 18.2 Å². The summed E-state index contributed by atoms with van der Waals surface area (Å²) < 4.78 is 0. The van der Waals surface area contributed by atoms with Gasteiger partial charge in [-0.2, -0.15) is 0 Å². The number of carboxylic acids is 1. The molecule has 0 aromatic heterocycles. The fourth-order valence-corrected chi connectivity index (χ4v) is 1.42. The second-order valence-electron chi connectivity index (χ2n) is 4.20. The summed E-state index contributed by atoms with van der Waals surface area (Å²) in [6.07, 6.45) is 0.117. The van der Waals surface area contributed by atoms with Crippen LogP contribution in [0.1, 0.15) is 12.5 Å². The van der Waals surface area contributed by atoms with Crippen LogP contribution in [0.3, 0.4) is 0 Å². The maximum Gasteiger partial charge on any atom is 0.325 e. The minimum absolute atomic E-state index is 0.117. The Morgan fingerprint density at radius 1 is 1.32 bits per heavy atom. The minimum Gasteiger partial charge on any atom is -0.504 e. The summed E-state index contributed by atoms with van der Waals surface area (Å²) in [6, 6.07) is 2.14. The molecule has 7 heteroatoms. The fourth-order valence-electron chi connectivity index (χ4n) is 1.42. The number of aromatic hydroxyl groups is 2. The molecule has 0 unspecified atom stereocenters. The van der Waals surface area contributed by atoms with Crippen molar-refractivity contribution in [3.8, 4) is 11.5 Å². The van der Waals surface area contributed by atoms with Gasteiger partial charge in [0.15, 0.2) is 11.5 Å². The fraction of sp³-hybridized carbons (Fsp3) is 0.333. The lowest BCUT2D eigenvalue weighted by Gasteiger charge is -2.15. The van der Waals surface area contributed by atoms with Crippen LogP contribution in [-0.4, -0.2) is 39.3 Å². The lowest BCUT2D eigenvalue weighted by Crippen LogP contribution is -2.48. The molecule has 1 rings (SSSR count). The van der Waals surface area contributed by atoms with Crippen LogP contribution in [0.25, 0.3) is 0 Å². The van der Waals surface area contributed by atoms with E-state index in [1.54, 1.807) is 0 Å². The molecule has 1 aromatic rings. The van der Waals surface area contributed by atoms with Crippen molar-refractivity contribution in [3.05, 3.63) is 23.8 Å². The van der Waals surface area contributed by atoms with Gasteiger partial charge in [0.1, 0.15) is 6.04 Å². The van der Waals surface area contributed by atoms with Crippen molar-refractivity contribution < 1.29 is 24.9 Å². The van der Waals surface area contributed by atoms with Gasteiger partial charge in [-0.05, 0) is 31.0 Å². The van der Waals surface area contributed by atoms with Gasteiger partial charge in [-0.15, -0.1) is 0 Å². The summed E-state index contributed by atoms with van der Waals surface area (Å²) in [7, 11) is 0. The highest BCUT2D eigenvalue weighted by Gasteiger charge is 2.19. The van der Waals surface area contributed by atoms with Crippen LogP contribution >= 0.6 is 0 Å². The number of carbonyl (C=O) groups excluding carboxylic acids is 1. The number of benzene rings is 1. The molecular weight excluding hydrogens is 252 g/mol. The quantitative estimate of drug-likeness (QED) is 0.460. The van der Waals surface area contributed by atoms with E-state index in [1.165, 1.54) is 25.1 Å².